The number of aromatic nitrogens is 1. The number of amidine groups is 1. The van der Waals surface area contributed by atoms with Gasteiger partial charge in [-0.1, -0.05) is 19.0 Å². The fourth-order valence-electron chi connectivity index (χ4n) is 4.82. The second-order valence-electron chi connectivity index (χ2n) is 11.1. The summed E-state index contributed by atoms with van der Waals surface area (Å²) in [5.41, 5.74) is 10.7. The second kappa shape index (κ2) is 18.5. The molecule has 0 bridgehead atoms. The van der Waals surface area contributed by atoms with Crippen molar-refractivity contribution in [2.24, 2.45) is 21.8 Å². The molecule has 0 radical (unpaired) electrons. The lowest BCUT2D eigenvalue weighted by molar-refractivity contribution is -0.228. The summed E-state index contributed by atoms with van der Waals surface area (Å²) in [7, 11) is -4.99. The van der Waals surface area contributed by atoms with Crippen molar-refractivity contribution < 1.29 is 46.3 Å². The maximum Gasteiger partial charge on any atom is 0.418 e. The summed E-state index contributed by atoms with van der Waals surface area (Å²) >= 11 is 0.984. The standard InChI is InChI=1S/C27H35N7O10S2.CH4.2H2S/c1-27(2)18(24(36)34(27)44-46(39,40)41)11-20(35)22(19-14-45-26(29)32-19)33-43-21(25(37)38)13-42-17-8-6-15(7-9-17)23(28)31-12-16-5-3-4-10-30-16;;;/h6-9,14,16,18,21,30H,3-5,10-13H2,1-2H3,(H2,28,31)(H2,29,32)(H,37,38)(H,39,40,41);1H4;2*1H2/b33-22-;;;/t16?,18?,21-;;;/m0.../s1. The van der Waals surface area contributed by atoms with Crippen LogP contribution in [0.2, 0.25) is 0 Å². The number of ketones is 1. The minimum atomic E-state index is -4.99. The Morgan fingerprint density at radius 3 is 2.43 bits per heavy atom. The number of β-lactam (4-membered cyclic amide) rings is 1. The molecular formula is C28H43N7O10S4. The molecule has 4 rings (SSSR count). The molecular weight excluding hydrogens is 723 g/mol. The maximum absolute atomic E-state index is 13.3. The second-order valence-corrected chi connectivity index (χ2v) is 13.0. The van der Waals surface area contributed by atoms with E-state index < -0.39 is 64.4 Å². The van der Waals surface area contributed by atoms with Gasteiger partial charge in [0.05, 0.1) is 18.0 Å². The number of carboxylic acids is 1. The van der Waals surface area contributed by atoms with Crippen molar-refractivity contribution in [2.75, 3.05) is 25.4 Å². The highest BCUT2D eigenvalue weighted by Crippen LogP contribution is 2.40. The van der Waals surface area contributed by atoms with E-state index in [1.165, 1.54) is 19.2 Å². The molecule has 0 spiro atoms. The molecule has 2 saturated heterocycles. The lowest BCUT2D eigenvalue weighted by Crippen LogP contribution is -2.68. The third kappa shape index (κ3) is 11.5. The van der Waals surface area contributed by atoms with Crippen LogP contribution in [0.1, 0.15) is 58.2 Å². The molecule has 0 saturated carbocycles. The van der Waals surface area contributed by atoms with Gasteiger partial charge in [0.15, 0.2) is 16.6 Å². The number of carboxylic acid groups (broad SMARTS) is 1. The number of aliphatic imine (C=N–C) groups is 1. The molecule has 7 N–H and O–H groups in total. The number of nitrogens with two attached hydrogens (primary N) is 2. The molecule has 2 aliphatic heterocycles. The van der Waals surface area contributed by atoms with Crippen molar-refractivity contribution in [3.63, 3.8) is 0 Å². The van der Waals surface area contributed by atoms with E-state index in [2.05, 4.69) is 24.7 Å². The van der Waals surface area contributed by atoms with E-state index in [9.17, 15) is 27.9 Å². The van der Waals surface area contributed by atoms with Crippen LogP contribution in [0.3, 0.4) is 0 Å². The first-order chi connectivity index (χ1) is 21.7. The van der Waals surface area contributed by atoms with Crippen LogP contribution in [-0.4, -0.2) is 94.7 Å². The Kier molecular flexibility index (Phi) is 16.4. The molecule has 1 amide bonds. The van der Waals surface area contributed by atoms with Gasteiger partial charge in [-0.05, 0) is 57.5 Å². The Hall–Kier alpha value is -3.47. The summed E-state index contributed by atoms with van der Waals surface area (Å²) in [6.07, 6.45) is 1.19. The van der Waals surface area contributed by atoms with E-state index >= 15 is 0 Å². The van der Waals surface area contributed by atoms with Crippen molar-refractivity contribution in [2.45, 2.75) is 64.6 Å². The minimum absolute atomic E-state index is 0. The lowest BCUT2D eigenvalue weighted by Gasteiger charge is -2.50. The predicted octanol–water partition coefficient (Wildman–Crippen LogP) is 1.62. The fourth-order valence-corrected chi connectivity index (χ4v) is 5.82. The molecule has 1 aromatic carbocycles. The highest BCUT2D eigenvalue weighted by Gasteiger charge is 2.57. The Balaban J connectivity index is 0.00000400. The van der Waals surface area contributed by atoms with Gasteiger partial charge in [-0.3, -0.25) is 19.1 Å². The van der Waals surface area contributed by atoms with E-state index in [1.54, 1.807) is 24.3 Å². The number of carbonyl (C=O) groups is 3. The Morgan fingerprint density at radius 1 is 1.22 bits per heavy atom. The number of hydrogen-bond acceptors (Lipinski definition) is 14. The molecule has 2 fully saturated rings. The van der Waals surface area contributed by atoms with Crippen LogP contribution in [0.5, 0.6) is 5.75 Å². The first-order valence-electron chi connectivity index (χ1n) is 14.1. The molecule has 49 heavy (non-hydrogen) atoms. The van der Waals surface area contributed by atoms with Crippen LogP contribution < -0.4 is 21.5 Å². The number of Topliss-reactive ketones (excluding diaryl/α,β-unsaturated/α-hetero) is 1. The molecule has 3 atom stereocenters. The summed E-state index contributed by atoms with van der Waals surface area (Å²) in [5.74, 6) is -3.49. The van der Waals surface area contributed by atoms with Crippen LogP contribution in [0.25, 0.3) is 0 Å². The molecule has 2 unspecified atom stereocenters. The molecule has 2 aromatic rings. The quantitative estimate of drug-likeness (QED) is 0.0568. The summed E-state index contributed by atoms with van der Waals surface area (Å²) in [4.78, 5) is 51.5. The Morgan fingerprint density at radius 2 is 1.90 bits per heavy atom. The van der Waals surface area contributed by atoms with E-state index in [4.69, 9.17) is 25.6 Å². The lowest BCUT2D eigenvalue weighted by atomic mass is 9.74. The Bertz CT molecular complexity index is 1610. The molecule has 3 heterocycles. The Labute approximate surface area is 302 Å². The number of benzene rings is 1. The molecule has 1 aromatic heterocycles. The van der Waals surface area contributed by atoms with Crippen molar-refractivity contribution >= 4 is 83.1 Å². The maximum atomic E-state index is 13.3. The number of thiazole rings is 1. The van der Waals surface area contributed by atoms with E-state index in [0.717, 1.165) is 37.1 Å². The van der Waals surface area contributed by atoms with Crippen molar-refractivity contribution in [3.05, 3.63) is 40.9 Å². The number of carbonyl (C=O) groups excluding carboxylic acids is 2. The number of anilines is 1. The van der Waals surface area contributed by atoms with Gasteiger partial charge < -0.3 is 31.5 Å². The summed E-state index contributed by atoms with van der Waals surface area (Å²) in [6.45, 7) is 3.88. The number of nitrogens with one attached hydrogen (secondary N) is 1. The normalized spacial score (nSPS) is 19.7. The number of piperidine rings is 1. The first-order valence-corrected chi connectivity index (χ1v) is 16.4. The molecule has 17 nitrogen and oxygen atoms in total. The summed E-state index contributed by atoms with van der Waals surface area (Å²) in [6, 6.07) is 6.86. The van der Waals surface area contributed by atoms with Gasteiger partial charge >= 0.3 is 16.4 Å². The zero-order valence-corrected chi connectivity index (χ0v) is 29.6. The zero-order valence-electron chi connectivity index (χ0n) is 26.0. The number of rotatable bonds is 15. The predicted molar refractivity (Wildman–Crippen MR) is 193 cm³/mol. The fraction of sp³-hybridized carbons (Fsp3) is 0.500. The number of hydrogen-bond donors (Lipinski definition) is 5. The molecule has 21 heteroatoms. The molecule has 2 aliphatic rings. The summed E-state index contributed by atoms with van der Waals surface area (Å²) in [5, 5.41) is 18.8. The smallest absolute Gasteiger partial charge is 0.418 e. The van der Waals surface area contributed by atoms with Crippen LogP contribution in [0, 0.1) is 5.92 Å². The van der Waals surface area contributed by atoms with Gasteiger partial charge in [-0.15, -0.1) is 15.6 Å². The summed E-state index contributed by atoms with van der Waals surface area (Å²) < 4.78 is 41.1. The van der Waals surface area contributed by atoms with Gasteiger partial charge in [0.25, 0.3) is 12.0 Å². The number of aliphatic carboxylic acids is 1. The third-order valence-electron chi connectivity index (χ3n) is 7.45. The molecule has 0 aliphatic carbocycles. The number of nitrogen functional groups attached to an aromatic ring is 1. The number of hydroxylamine groups is 2. The van der Waals surface area contributed by atoms with Gasteiger partial charge in [0.2, 0.25) is 0 Å². The number of oxime groups is 1. The third-order valence-corrected chi connectivity index (χ3v) is 8.47. The average molecular weight is 766 g/mol. The van der Waals surface area contributed by atoms with Crippen molar-refractivity contribution in [1.82, 2.24) is 15.4 Å². The zero-order chi connectivity index (χ0) is 33.6. The monoisotopic (exact) mass is 765 g/mol. The number of ether oxygens (including phenoxy) is 1. The van der Waals surface area contributed by atoms with Gasteiger partial charge in [-0.25, -0.2) is 9.78 Å². The molecule has 274 valence electrons. The highest BCUT2D eigenvalue weighted by molar-refractivity contribution is 7.80. The van der Waals surface area contributed by atoms with Crippen molar-refractivity contribution in [3.8, 4) is 5.75 Å². The first kappa shape index (κ1) is 43.6. The van der Waals surface area contributed by atoms with Gasteiger partial charge in [0, 0.05) is 23.4 Å². The largest absolute Gasteiger partial charge is 0.489 e. The number of nitrogens with zero attached hydrogens (tertiary/aromatic N) is 4. The van der Waals surface area contributed by atoms with Crippen molar-refractivity contribution in [1.29, 1.82) is 0 Å². The van der Waals surface area contributed by atoms with E-state index in [1.807, 2.05) is 0 Å². The topological polar surface area (TPSA) is 258 Å². The van der Waals surface area contributed by atoms with Gasteiger partial charge in [-0.2, -0.15) is 40.5 Å². The van der Waals surface area contributed by atoms with Crippen LogP contribution >= 0.6 is 38.3 Å². The number of amides is 1. The van der Waals surface area contributed by atoms with Gasteiger partial charge in [0.1, 0.15) is 23.9 Å². The van der Waals surface area contributed by atoms with Crippen LogP contribution in [-0.2, 0) is 33.9 Å². The van der Waals surface area contributed by atoms with Crippen LogP contribution in [0.4, 0.5) is 5.13 Å². The SMILES string of the molecule is C.CC1(C)C(CC(=O)/C(=N\O[C@@H](COc2ccc(C(N)=NCC3CCCCN3)cc2)C(=O)O)c2csc(N)n2)C(=O)N1OS(=O)(=O)O.S.S. The average Bonchev–Trinajstić information content (AvgIpc) is 3.44. The highest BCUT2D eigenvalue weighted by atomic mass is 32.3. The minimum Gasteiger partial charge on any atom is -0.489 e. The van der Waals surface area contributed by atoms with E-state index in [-0.39, 0.29) is 45.2 Å². The van der Waals surface area contributed by atoms with E-state index in [0.29, 0.717) is 34.8 Å². The van der Waals surface area contributed by atoms with Crippen LogP contribution in [0.15, 0.2) is 39.8 Å².